The van der Waals surface area contributed by atoms with E-state index in [2.05, 4.69) is 0 Å². The van der Waals surface area contributed by atoms with Crippen LogP contribution in [0.5, 0.6) is 0 Å². The van der Waals surface area contributed by atoms with Gasteiger partial charge in [-0.25, -0.2) is 9.69 Å². The van der Waals surface area contributed by atoms with Crippen molar-refractivity contribution in [3.63, 3.8) is 0 Å². The molecule has 0 bridgehead atoms. The Morgan fingerprint density at radius 3 is 2.28 bits per heavy atom. The minimum atomic E-state index is -1.68. The van der Waals surface area contributed by atoms with Crippen LogP contribution in [0.15, 0.2) is 0 Å². The zero-order chi connectivity index (χ0) is 14.3. The minimum Gasteiger partial charge on any atom is -0.443 e. The van der Waals surface area contributed by atoms with Crippen molar-refractivity contribution in [1.29, 1.82) is 0 Å². The van der Waals surface area contributed by atoms with E-state index in [4.69, 9.17) is 39.5 Å². The highest BCUT2D eigenvalue weighted by atomic mass is 35.5. The lowest BCUT2D eigenvalue weighted by molar-refractivity contribution is -0.128. The second-order valence-corrected chi connectivity index (χ2v) is 6.97. The molecule has 0 aromatic rings. The van der Waals surface area contributed by atoms with Crippen LogP contribution >= 0.6 is 34.8 Å². The van der Waals surface area contributed by atoms with Crippen LogP contribution in [0.4, 0.5) is 4.79 Å². The Morgan fingerprint density at radius 1 is 1.44 bits per heavy atom. The molecule has 104 valence electrons. The first kappa shape index (κ1) is 15.9. The highest BCUT2D eigenvalue weighted by Gasteiger charge is 2.58. The molecule has 0 aromatic heterocycles. The molecule has 0 spiro atoms. The summed E-state index contributed by atoms with van der Waals surface area (Å²) >= 11 is 17.7. The van der Waals surface area contributed by atoms with Gasteiger partial charge in [-0.3, -0.25) is 4.79 Å². The van der Waals surface area contributed by atoms with Gasteiger partial charge in [0, 0.05) is 17.8 Å². The largest absolute Gasteiger partial charge is 0.443 e. The summed E-state index contributed by atoms with van der Waals surface area (Å²) in [5.41, 5.74) is -0.697. The lowest BCUT2D eigenvalue weighted by atomic mass is 10.0. The molecular weight excluding hydrogens is 300 g/mol. The predicted molar refractivity (Wildman–Crippen MR) is 71.2 cm³/mol. The van der Waals surface area contributed by atoms with Gasteiger partial charge >= 0.3 is 6.09 Å². The molecule has 0 saturated carbocycles. The van der Waals surface area contributed by atoms with E-state index in [0.717, 1.165) is 4.90 Å². The van der Waals surface area contributed by atoms with Crippen molar-refractivity contribution < 1.29 is 14.3 Å². The number of carbonyl (C=O) groups excluding carboxylic acids is 2. The van der Waals surface area contributed by atoms with E-state index >= 15 is 0 Å². The van der Waals surface area contributed by atoms with Gasteiger partial charge in [-0.05, 0) is 27.7 Å². The van der Waals surface area contributed by atoms with Crippen molar-refractivity contribution in [2.45, 2.75) is 43.7 Å². The number of carbonyl (C=O) groups is 2. The molecule has 1 fully saturated rings. The fourth-order valence-electron chi connectivity index (χ4n) is 1.77. The molecule has 2 amide bonds. The van der Waals surface area contributed by atoms with Gasteiger partial charge in [-0.1, -0.05) is 23.2 Å². The van der Waals surface area contributed by atoms with Crippen LogP contribution in [0.1, 0.15) is 27.7 Å². The molecule has 0 aromatic carbocycles. The van der Waals surface area contributed by atoms with E-state index < -0.39 is 33.9 Å². The van der Waals surface area contributed by atoms with Crippen LogP contribution in [0.25, 0.3) is 0 Å². The van der Waals surface area contributed by atoms with Crippen molar-refractivity contribution in [2.24, 2.45) is 5.92 Å². The highest BCUT2D eigenvalue weighted by molar-refractivity contribution is 6.59. The van der Waals surface area contributed by atoms with E-state index in [9.17, 15) is 9.59 Å². The summed E-state index contributed by atoms with van der Waals surface area (Å²) in [5, 5.41) is 0. The summed E-state index contributed by atoms with van der Waals surface area (Å²) < 4.78 is 3.47. The molecule has 18 heavy (non-hydrogen) atoms. The predicted octanol–water partition coefficient (Wildman–Crippen LogP) is 3.18. The first-order valence-electron chi connectivity index (χ1n) is 5.52. The Bertz CT molecular complexity index is 365. The Hall–Kier alpha value is -0.190. The first-order chi connectivity index (χ1) is 8.02. The van der Waals surface area contributed by atoms with Gasteiger partial charge in [0.1, 0.15) is 5.60 Å². The lowest BCUT2D eigenvalue weighted by Gasteiger charge is -2.26. The Labute approximate surface area is 121 Å². The third kappa shape index (κ3) is 2.86. The Morgan fingerprint density at radius 2 is 1.94 bits per heavy atom. The van der Waals surface area contributed by atoms with E-state index in [1.165, 1.54) is 0 Å². The zero-order valence-corrected chi connectivity index (χ0v) is 12.9. The van der Waals surface area contributed by atoms with Crippen LogP contribution in [-0.4, -0.2) is 38.8 Å². The van der Waals surface area contributed by atoms with Gasteiger partial charge in [0.2, 0.25) is 4.33 Å². The van der Waals surface area contributed by atoms with Crippen molar-refractivity contribution >= 4 is 46.8 Å². The zero-order valence-electron chi connectivity index (χ0n) is 10.7. The van der Waals surface area contributed by atoms with E-state index in [1.807, 2.05) is 0 Å². The number of nitrogens with zero attached hydrogens (tertiary/aromatic N) is 1. The van der Waals surface area contributed by atoms with Crippen LogP contribution < -0.4 is 0 Å². The second-order valence-electron chi connectivity index (χ2n) is 5.28. The van der Waals surface area contributed by atoms with Crippen molar-refractivity contribution in [3.8, 4) is 0 Å². The van der Waals surface area contributed by atoms with Gasteiger partial charge in [0.05, 0.1) is 0 Å². The molecule has 1 aliphatic rings. The van der Waals surface area contributed by atoms with E-state index in [0.29, 0.717) is 0 Å². The SMILES string of the molecule is C[C@@H]1[C@H](CCl)C(Cl)(Cl)C(=O)N1C(=O)OC(C)(C)C. The van der Waals surface area contributed by atoms with E-state index in [1.54, 1.807) is 27.7 Å². The van der Waals surface area contributed by atoms with Crippen LogP contribution in [0.3, 0.4) is 0 Å². The fourth-order valence-corrected chi connectivity index (χ4v) is 3.12. The number of alkyl halides is 3. The molecule has 0 unspecified atom stereocenters. The standard InChI is InChI=1S/C11H16Cl3NO3/c1-6-7(5-12)11(13,14)8(16)15(6)9(17)18-10(2,3)4/h6-7H,5H2,1-4H3/t6-,7+/m1/s1. The minimum absolute atomic E-state index is 0.0825. The molecule has 0 N–H and O–H groups in total. The number of halogens is 3. The summed E-state index contributed by atoms with van der Waals surface area (Å²) in [6.45, 7) is 6.80. The monoisotopic (exact) mass is 315 g/mol. The van der Waals surface area contributed by atoms with E-state index in [-0.39, 0.29) is 5.88 Å². The van der Waals surface area contributed by atoms with Gasteiger partial charge in [-0.2, -0.15) is 0 Å². The quantitative estimate of drug-likeness (QED) is 0.698. The van der Waals surface area contributed by atoms with Crippen LogP contribution in [-0.2, 0) is 9.53 Å². The number of likely N-dealkylation sites (tertiary alicyclic amines) is 1. The van der Waals surface area contributed by atoms with Crippen molar-refractivity contribution in [3.05, 3.63) is 0 Å². The van der Waals surface area contributed by atoms with Gasteiger partial charge < -0.3 is 4.74 Å². The number of ether oxygens (including phenoxy) is 1. The Kier molecular flexibility index (Phi) is 4.46. The van der Waals surface area contributed by atoms with Crippen LogP contribution in [0.2, 0.25) is 0 Å². The smallest absolute Gasteiger partial charge is 0.417 e. The maximum Gasteiger partial charge on any atom is 0.417 e. The molecule has 1 aliphatic heterocycles. The average Bonchev–Trinajstić information content (AvgIpc) is 2.31. The van der Waals surface area contributed by atoms with Crippen LogP contribution in [0, 0.1) is 5.92 Å². The molecule has 1 saturated heterocycles. The number of hydrogen-bond acceptors (Lipinski definition) is 3. The Balaban J connectivity index is 2.98. The third-order valence-electron chi connectivity index (χ3n) is 2.72. The van der Waals surface area contributed by atoms with Crippen molar-refractivity contribution in [1.82, 2.24) is 4.90 Å². The van der Waals surface area contributed by atoms with Crippen molar-refractivity contribution in [2.75, 3.05) is 5.88 Å². The molecule has 4 nitrogen and oxygen atoms in total. The summed E-state index contributed by atoms with van der Waals surface area (Å²) in [7, 11) is 0. The number of rotatable bonds is 1. The summed E-state index contributed by atoms with van der Waals surface area (Å²) in [6.07, 6.45) is -0.752. The first-order valence-corrected chi connectivity index (χ1v) is 6.82. The molecule has 7 heteroatoms. The fraction of sp³-hybridized carbons (Fsp3) is 0.818. The molecule has 0 radical (unpaired) electrons. The third-order valence-corrected chi connectivity index (χ3v) is 3.93. The normalized spacial score (nSPS) is 27.5. The molecule has 0 aliphatic carbocycles. The molecule has 1 heterocycles. The molecule has 2 atom stereocenters. The lowest BCUT2D eigenvalue weighted by Crippen LogP contribution is -2.43. The summed E-state index contributed by atoms with van der Waals surface area (Å²) in [5.74, 6) is -1.13. The summed E-state index contributed by atoms with van der Waals surface area (Å²) in [4.78, 5) is 24.9. The number of amides is 2. The highest BCUT2D eigenvalue weighted by Crippen LogP contribution is 2.44. The maximum atomic E-state index is 12.0. The maximum absolute atomic E-state index is 12.0. The van der Waals surface area contributed by atoms with Gasteiger partial charge in [0.15, 0.2) is 0 Å². The average molecular weight is 317 g/mol. The molecule has 1 rings (SSSR count). The topological polar surface area (TPSA) is 46.6 Å². The number of hydrogen-bond donors (Lipinski definition) is 0. The van der Waals surface area contributed by atoms with Gasteiger partial charge in [0.25, 0.3) is 5.91 Å². The summed E-state index contributed by atoms with van der Waals surface area (Å²) in [6, 6.07) is -0.500. The molecular formula is C11H16Cl3NO3. The van der Waals surface area contributed by atoms with Gasteiger partial charge in [-0.15, -0.1) is 11.6 Å². The number of imide groups is 1. The second kappa shape index (κ2) is 5.06.